The zero-order chi connectivity index (χ0) is 17.5. The van der Waals surface area contributed by atoms with Crippen molar-refractivity contribution in [3.63, 3.8) is 0 Å². The second-order valence-corrected chi connectivity index (χ2v) is 6.06. The lowest BCUT2D eigenvalue weighted by molar-refractivity contribution is -0.140. The molecule has 1 aliphatic heterocycles. The second kappa shape index (κ2) is 8.42. The first-order valence-corrected chi connectivity index (χ1v) is 8.28. The highest BCUT2D eigenvalue weighted by atomic mass is 16.2. The van der Waals surface area contributed by atoms with Crippen molar-refractivity contribution in [2.24, 2.45) is 5.73 Å². The fourth-order valence-electron chi connectivity index (χ4n) is 2.93. The molecule has 0 saturated carbocycles. The number of hydrogen-bond donors (Lipinski definition) is 2. The van der Waals surface area contributed by atoms with E-state index in [0.29, 0.717) is 32.2 Å². The molecule has 7 heteroatoms. The number of primary amides is 1. The molecule has 2 rings (SSSR count). The van der Waals surface area contributed by atoms with Crippen LogP contribution in [0.1, 0.15) is 38.3 Å². The summed E-state index contributed by atoms with van der Waals surface area (Å²) in [6, 6.07) is 4.46. The molecule has 0 radical (unpaired) electrons. The van der Waals surface area contributed by atoms with Gasteiger partial charge in [0.25, 0.3) is 0 Å². The molecule has 1 aliphatic rings. The summed E-state index contributed by atoms with van der Waals surface area (Å²) in [5.74, 6) is -0.925. The van der Waals surface area contributed by atoms with Crippen molar-refractivity contribution in [2.45, 2.75) is 51.1 Å². The standard InChI is InChI=1S/C17H24N4O3/c1-12(17(24)21-11-5-8-14(21)16(18)23)20-15(22)9-4-7-13-6-2-3-10-19-13/h2-3,6,10,12,14H,4-5,7-9,11H2,1H3,(H2,18,23)(H,20,22)/t12-,14-/m0/s1. The number of carbonyl (C=O) groups is 3. The maximum Gasteiger partial charge on any atom is 0.245 e. The minimum absolute atomic E-state index is 0.179. The predicted molar refractivity (Wildman–Crippen MR) is 88.7 cm³/mol. The van der Waals surface area contributed by atoms with Gasteiger partial charge in [0, 0.05) is 24.9 Å². The normalized spacial score (nSPS) is 18.2. The Morgan fingerprint density at radius 2 is 2.21 bits per heavy atom. The summed E-state index contributed by atoms with van der Waals surface area (Å²) in [5, 5.41) is 2.70. The molecule has 1 aromatic rings. The quantitative estimate of drug-likeness (QED) is 0.753. The summed E-state index contributed by atoms with van der Waals surface area (Å²) >= 11 is 0. The van der Waals surface area contributed by atoms with Crippen molar-refractivity contribution in [2.75, 3.05) is 6.54 Å². The Balaban J connectivity index is 1.76. The van der Waals surface area contributed by atoms with E-state index in [4.69, 9.17) is 5.73 Å². The molecule has 2 atom stereocenters. The highest BCUT2D eigenvalue weighted by molar-refractivity contribution is 5.91. The van der Waals surface area contributed by atoms with Gasteiger partial charge in [0.05, 0.1) is 0 Å². The smallest absolute Gasteiger partial charge is 0.245 e. The molecule has 0 aromatic carbocycles. The number of carbonyl (C=O) groups excluding carboxylic acids is 3. The van der Waals surface area contributed by atoms with Crippen LogP contribution in [0.5, 0.6) is 0 Å². The van der Waals surface area contributed by atoms with Crippen LogP contribution >= 0.6 is 0 Å². The minimum Gasteiger partial charge on any atom is -0.368 e. The zero-order valence-corrected chi connectivity index (χ0v) is 13.9. The number of aryl methyl sites for hydroxylation is 1. The number of amides is 3. The monoisotopic (exact) mass is 332 g/mol. The number of aromatic nitrogens is 1. The van der Waals surface area contributed by atoms with Gasteiger partial charge in [-0.25, -0.2) is 0 Å². The van der Waals surface area contributed by atoms with E-state index in [2.05, 4.69) is 10.3 Å². The van der Waals surface area contributed by atoms with Gasteiger partial charge in [0.2, 0.25) is 17.7 Å². The fraction of sp³-hybridized carbons (Fsp3) is 0.529. The van der Waals surface area contributed by atoms with Crippen LogP contribution in [0.15, 0.2) is 24.4 Å². The predicted octanol–water partition coefficient (Wildman–Crippen LogP) is 0.385. The zero-order valence-electron chi connectivity index (χ0n) is 13.9. The first-order chi connectivity index (χ1) is 11.5. The molecular weight excluding hydrogens is 308 g/mol. The van der Waals surface area contributed by atoms with Crippen LogP contribution in [0.4, 0.5) is 0 Å². The van der Waals surface area contributed by atoms with E-state index in [1.807, 2.05) is 18.2 Å². The Kier molecular flexibility index (Phi) is 6.28. The van der Waals surface area contributed by atoms with Crippen molar-refractivity contribution in [1.29, 1.82) is 0 Å². The van der Waals surface area contributed by atoms with Gasteiger partial charge in [0.15, 0.2) is 0 Å². The molecule has 0 spiro atoms. The molecule has 1 aromatic heterocycles. The number of pyridine rings is 1. The second-order valence-electron chi connectivity index (χ2n) is 6.06. The number of nitrogens with one attached hydrogen (secondary N) is 1. The fourth-order valence-corrected chi connectivity index (χ4v) is 2.93. The summed E-state index contributed by atoms with van der Waals surface area (Å²) < 4.78 is 0. The van der Waals surface area contributed by atoms with E-state index in [0.717, 1.165) is 12.1 Å². The first-order valence-electron chi connectivity index (χ1n) is 8.28. The van der Waals surface area contributed by atoms with Gasteiger partial charge in [-0.1, -0.05) is 6.07 Å². The Morgan fingerprint density at radius 3 is 2.88 bits per heavy atom. The maximum absolute atomic E-state index is 12.4. The van der Waals surface area contributed by atoms with Crippen LogP contribution in [0.2, 0.25) is 0 Å². The number of nitrogens with zero attached hydrogens (tertiary/aromatic N) is 2. The molecule has 7 nitrogen and oxygen atoms in total. The lowest BCUT2D eigenvalue weighted by Gasteiger charge is -2.25. The largest absolute Gasteiger partial charge is 0.368 e. The van der Waals surface area contributed by atoms with Crippen LogP contribution in [0.25, 0.3) is 0 Å². The Hall–Kier alpha value is -2.44. The molecule has 1 saturated heterocycles. The van der Waals surface area contributed by atoms with Crippen LogP contribution in [0.3, 0.4) is 0 Å². The molecule has 1 fully saturated rings. The molecule has 24 heavy (non-hydrogen) atoms. The van der Waals surface area contributed by atoms with E-state index < -0.39 is 18.0 Å². The van der Waals surface area contributed by atoms with Gasteiger partial charge < -0.3 is 16.0 Å². The summed E-state index contributed by atoms with van der Waals surface area (Å²) in [7, 11) is 0. The van der Waals surface area contributed by atoms with E-state index in [1.54, 1.807) is 13.1 Å². The van der Waals surface area contributed by atoms with E-state index in [-0.39, 0.29) is 11.8 Å². The van der Waals surface area contributed by atoms with Gasteiger partial charge in [-0.2, -0.15) is 0 Å². The SMILES string of the molecule is C[C@H](NC(=O)CCCc1ccccn1)C(=O)N1CCC[C@H]1C(N)=O. The summed E-state index contributed by atoms with van der Waals surface area (Å²) in [4.78, 5) is 41.4. The molecule has 3 N–H and O–H groups in total. The van der Waals surface area contributed by atoms with Crippen LogP contribution in [-0.4, -0.2) is 46.2 Å². The third kappa shape index (κ3) is 4.78. The molecule has 0 aliphatic carbocycles. The number of nitrogens with two attached hydrogens (primary N) is 1. The first kappa shape index (κ1) is 17.9. The average Bonchev–Trinajstić information content (AvgIpc) is 3.05. The van der Waals surface area contributed by atoms with Crippen molar-refractivity contribution >= 4 is 17.7 Å². The Morgan fingerprint density at radius 1 is 1.42 bits per heavy atom. The minimum atomic E-state index is -0.660. The molecular formula is C17H24N4O3. The van der Waals surface area contributed by atoms with Crippen LogP contribution in [0, 0.1) is 0 Å². The molecule has 2 heterocycles. The number of likely N-dealkylation sites (tertiary alicyclic amines) is 1. The molecule has 0 unspecified atom stereocenters. The van der Waals surface area contributed by atoms with E-state index in [9.17, 15) is 14.4 Å². The summed E-state index contributed by atoms with van der Waals surface area (Å²) in [6.45, 7) is 2.14. The average molecular weight is 332 g/mol. The topological polar surface area (TPSA) is 105 Å². The maximum atomic E-state index is 12.4. The van der Waals surface area contributed by atoms with Crippen LogP contribution in [-0.2, 0) is 20.8 Å². The molecule has 3 amide bonds. The van der Waals surface area contributed by atoms with Crippen LogP contribution < -0.4 is 11.1 Å². The third-order valence-corrected chi connectivity index (χ3v) is 4.18. The van der Waals surface area contributed by atoms with Crippen molar-refractivity contribution in [1.82, 2.24) is 15.2 Å². The number of rotatable bonds is 7. The van der Waals surface area contributed by atoms with E-state index >= 15 is 0 Å². The lowest BCUT2D eigenvalue weighted by atomic mass is 10.1. The van der Waals surface area contributed by atoms with Crippen molar-refractivity contribution in [3.8, 4) is 0 Å². The third-order valence-electron chi connectivity index (χ3n) is 4.18. The summed E-state index contributed by atoms with van der Waals surface area (Å²) in [6.07, 6.45) is 4.77. The lowest BCUT2D eigenvalue weighted by Crippen LogP contribution is -2.51. The van der Waals surface area contributed by atoms with Gasteiger partial charge in [0.1, 0.15) is 12.1 Å². The van der Waals surface area contributed by atoms with Gasteiger partial charge >= 0.3 is 0 Å². The molecule has 0 bridgehead atoms. The molecule has 130 valence electrons. The Labute approximate surface area is 141 Å². The van der Waals surface area contributed by atoms with Crippen molar-refractivity contribution in [3.05, 3.63) is 30.1 Å². The Bertz CT molecular complexity index is 591. The highest BCUT2D eigenvalue weighted by Gasteiger charge is 2.34. The highest BCUT2D eigenvalue weighted by Crippen LogP contribution is 2.17. The van der Waals surface area contributed by atoms with Gasteiger partial charge in [-0.15, -0.1) is 0 Å². The van der Waals surface area contributed by atoms with Gasteiger partial charge in [-0.3, -0.25) is 19.4 Å². The summed E-state index contributed by atoms with van der Waals surface area (Å²) in [5.41, 5.74) is 6.26. The number of hydrogen-bond acceptors (Lipinski definition) is 4. The van der Waals surface area contributed by atoms with Crippen molar-refractivity contribution < 1.29 is 14.4 Å². The van der Waals surface area contributed by atoms with E-state index in [1.165, 1.54) is 4.90 Å². The van der Waals surface area contributed by atoms with Gasteiger partial charge in [-0.05, 0) is 44.7 Å².